The monoisotopic (exact) mass is 334 g/mol. The Kier molecular flexibility index (Phi) is 5.51. The zero-order chi connectivity index (χ0) is 14.8. The molecule has 1 aliphatic heterocycles. The van der Waals surface area contributed by atoms with Crippen molar-refractivity contribution in [3.05, 3.63) is 48.0 Å². The number of carbonyl (C=O) groups is 1. The Morgan fingerprint density at radius 3 is 2.59 bits per heavy atom. The first-order valence-corrected chi connectivity index (χ1v) is 7.81. The van der Waals surface area contributed by atoms with Gasteiger partial charge in [-0.25, -0.2) is 0 Å². The number of nitrogens with one attached hydrogen (secondary N) is 1. The van der Waals surface area contributed by atoms with Crippen LogP contribution in [0, 0.1) is 0 Å². The third-order valence-corrected chi connectivity index (χ3v) is 4.62. The van der Waals surface area contributed by atoms with Crippen molar-refractivity contribution in [2.45, 2.75) is 16.2 Å². The summed E-state index contributed by atoms with van der Waals surface area (Å²) in [7, 11) is 3.96. The van der Waals surface area contributed by atoms with Crippen LogP contribution in [0.4, 0.5) is 11.4 Å². The second kappa shape index (κ2) is 7.18. The summed E-state index contributed by atoms with van der Waals surface area (Å²) < 4.78 is 0. The number of para-hydroxylation sites is 1. The summed E-state index contributed by atoms with van der Waals surface area (Å²) >= 11 is 1.74. The Balaban J connectivity index is 0.00000176. The lowest BCUT2D eigenvalue weighted by molar-refractivity contribution is 0.0972. The number of anilines is 2. The van der Waals surface area contributed by atoms with E-state index in [1.54, 1.807) is 11.8 Å². The van der Waals surface area contributed by atoms with Gasteiger partial charge in [-0.1, -0.05) is 30.0 Å². The Bertz CT molecular complexity index is 688. The number of rotatable bonds is 4. The number of nitrogens with zero attached hydrogens (tertiary/aromatic N) is 1. The topological polar surface area (TPSA) is 32.3 Å². The Hall–Kier alpha value is -1.49. The quantitative estimate of drug-likeness (QED) is 0.714. The molecular formula is C17H19ClN2OS. The molecule has 3 rings (SSSR count). The van der Waals surface area contributed by atoms with E-state index >= 15 is 0 Å². The predicted octanol–water partition coefficient (Wildman–Crippen LogP) is 4.45. The zero-order valence-electron chi connectivity index (χ0n) is 12.6. The Morgan fingerprint density at radius 1 is 1.09 bits per heavy atom. The number of Topliss-reactive ketones (excluding diaryl/α,β-unsaturated/α-hetero) is 1. The van der Waals surface area contributed by atoms with Crippen LogP contribution >= 0.6 is 24.2 Å². The first-order valence-electron chi connectivity index (χ1n) is 6.99. The predicted molar refractivity (Wildman–Crippen MR) is 95.0 cm³/mol. The lowest BCUT2D eigenvalue weighted by atomic mass is 10.1. The number of carbonyl (C=O) groups excluding carboxylic acids is 1. The molecule has 0 spiro atoms. The van der Waals surface area contributed by atoms with E-state index in [9.17, 15) is 4.79 Å². The minimum Gasteiger partial charge on any atom is -0.354 e. The lowest BCUT2D eigenvalue weighted by Gasteiger charge is -2.21. The van der Waals surface area contributed by atoms with Crippen LogP contribution in [0.2, 0.25) is 0 Å². The highest BCUT2D eigenvalue weighted by atomic mass is 35.5. The molecule has 1 N–H and O–H groups in total. The van der Waals surface area contributed by atoms with Crippen molar-refractivity contribution in [2.24, 2.45) is 0 Å². The smallest absolute Gasteiger partial charge is 0.164 e. The molecule has 0 aromatic heterocycles. The maximum absolute atomic E-state index is 12.2. The van der Waals surface area contributed by atoms with Gasteiger partial charge in [-0.05, 0) is 38.4 Å². The van der Waals surface area contributed by atoms with Crippen LogP contribution in [-0.4, -0.2) is 31.3 Å². The van der Waals surface area contributed by atoms with Gasteiger partial charge in [0.2, 0.25) is 0 Å². The molecule has 1 heterocycles. The number of fused-ring (bicyclic) bond motifs is 2. The van der Waals surface area contributed by atoms with Crippen LogP contribution in [-0.2, 0) is 0 Å². The van der Waals surface area contributed by atoms with Crippen molar-refractivity contribution >= 4 is 41.3 Å². The molecule has 0 aliphatic carbocycles. The third kappa shape index (κ3) is 3.64. The number of benzene rings is 2. The van der Waals surface area contributed by atoms with Crippen LogP contribution in [0.3, 0.4) is 0 Å². The van der Waals surface area contributed by atoms with E-state index < -0.39 is 0 Å². The van der Waals surface area contributed by atoms with Gasteiger partial charge in [-0.3, -0.25) is 4.79 Å². The molecule has 3 nitrogen and oxygen atoms in total. The molecular weight excluding hydrogens is 316 g/mol. The second-order valence-corrected chi connectivity index (χ2v) is 6.49. The van der Waals surface area contributed by atoms with E-state index in [-0.39, 0.29) is 18.2 Å². The van der Waals surface area contributed by atoms with Gasteiger partial charge < -0.3 is 10.2 Å². The van der Waals surface area contributed by atoms with E-state index in [4.69, 9.17) is 0 Å². The molecule has 0 amide bonds. The fourth-order valence-corrected chi connectivity index (χ4v) is 3.25. The summed E-state index contributed by atoms with van der Waals surface area (Å²) in [5, 5.41) is 3.42. The summed E-state index contributed by atoms with van der Waals surface area (Å²) in [4.78, 5) is 16.6. The van der Waals surface area contributed by atoms with Crippen molar-refractivity contribution in [1.29, 1.82) is 0 Å². The molecule has 2 aromatic carbocycles. The van der Waals surface area contributed by atoms with E-state index in [1.807, 2.05) is 49.3 Å². The van der Waals surface area contributed by atoms with Crippen molar-refractivity contribution in [3.63, 3.8) is 0 Å². The highest BCUT2D eigenvalue weighted by Gasteiger charge is 2.17. The number of ketones is 1. The Labute approximate surface area is 141 Å². The van der Waals surface area contributed by atoms with Gasteiger partial charge >= 0.3 is 0 Å². The Morgan fingerprint density at radius 2 is 1.82 bits per heavy atom. The number of hydrogen-bond donors (Lipinski definition) is 1. The molecule has 1 aliphatic rings. The van der Waals surface area contributed by atoms with Crippen molar-refractivity contribution in [3.8, 4) is 0 Å². The van der Waals surface area contributed by atoms with Crippen LogP contribution in [0.15, 0.2) is 52.3 Å². The van der Waals surface area contributed by atoms with E-state index in [1.165, 1.54) is 4.90 Å². The van der Waals surface area contributed by atoms with Gasteiger partial charge in [0, 0.05) is 28.3 Å². The highest BCUT2D eigenvalue weighted by Crippen LogP contribution is 2.44. The molecule has 0 bridgehead atoms. The fraction of sp³-hybridized carbons (Fsp3) is 0.235. The largest absolute Gasteiger partial charge is 0.354 e. The second-order valence-electron chi connectivity index (χ2n) is 5.41. The van der Waals surface area contributed by atoms with E-state index in [0.717, 1.165) is 28.4 Å². The summed E-state index contributed by atoms with van der Waals surface area (Å²) in [6.07, 6.45) is 0.551. The molecule has 0 radical (unpaired) electrons. The van der Waals surface area contributed by atoms with Gasteiger partial charge in [0.15, 0.2) is 5.78 Å². The van der Waals surface area contributed by atoms with Gasteiger partial charge in [0.1, 0.15) is 0 Å². The number of halogens is 1. The average Bonchev–Trinajstić information content (AvgIpc) is 2.50. The first kappa shape index (κ1) is 16.9. The summed E-state index contributed by atoms with van der Waals surface area (Å²) in [5.41, 5.74) is 2.91. The van der Waals surface area contributed by atoms with Crippen molar-refractivity contribution < 1.29 is 4.79 Å². The fourth-order valence-electron chi connectivity index (χ4n) is 2.28. The van der Waals surface area contributed by atoms with E-state index in [0.29, 0.717) is 6.42 Å². The molecule has 0 atom stereocenters. The zero-order valence-corrected chi connectivity index (χ0v) is 14.3. The summed E-state index contributed by atoms with van der Waals surface area (Å²) in [6.45, 7) is 0.779. The van der Waals surface area contributed by atoms with E-state index in [2.05, 4.69) is 17.4 Å². The molecule has 22 heavy (non-hydrogen) atoms. The van der Waals surface area contributed by atoms with Crippen LogP contribution < -0.4 is 5.32 Å². The van der Waals surface area contributed by atoms with Crippen LogP contribution in [0.25, 0.3) is 0 Å². The summed E-state index contributed by atoms with van der Waals surface area (Å²) in [5.74, 6) is 0.192. The van der Waals surface area contributed by atoms with Gasteiger partial charge in [-0.2, -0.15) is 0 Å². The normalized spacial score (nSPS) is 12.0. The van der Waals surface area contributed by atoms with Crippen molar-refractivity contribution in [1.82, 2.24) is 4.90 Å². The molecule has 0 fully saturated rings. The molecule has 0 unspecified atom stereocenters. The molecule has 116 valence electrons. The molecule has 2 aromatic rings. The summed E-state index contributed by atoms with van der Waals surface area (Å²) in [6, 6.07) is 14.2. The minimum absolute atomic E-state index is 0. The number of hydrogen-bond acceptors (Lipinski definition) is 4. The van der Waals surface area contributed by atoms with Crippen LogP contribution in [0.1, 0.15) is 16.8 Å². The average molecular weight is 335 g/mol. The van der Waals surface area contributed by atoms with Gasteiger partial charge in [0.25, 0.3) is 0 Å². The first-order chi connectivity index (χ1) is 10.1. The standard InChI is InChI=1S/C17H18N2OS.ClH/c1-19(2)10-9-15(20)12-7-8-17-14(11-12)18-13-5-3-4-6-16(13)21-17;/h3-8,11,18H,9-10H2,1-2H3;1H. The van der Waals surface area contributed by atoms with Gasteiger partial charge in [0.05, 0.1) is 11.4 Å². The minimum atomic E-state index is 0. The molecule has 0 saturated heterocycles. The SMILES string of the molecule is CN(C)CCC(=O)c1ccc2c(c1)Nc1ccccc1S2.Cl. The van der Waals surface area contributed by atoms with Crippen molar-refractivity contribution in [2.75, 3.05) is 26.0 Å². The maximum atomic E-state index is 12.2. The third-order valence-electron chi connectivity index (χ3n) is 3.46. The van der Waals surface area contributed by atoms with Crippen LogP contribution in [0.5, 0.6) is 0 Å². The van der Waals surface area contributed by atoms with Gasteiger partial charge in [-0.15, -0.1) is 12.4 Å². The molecule has 0 saturated carbocycles. The molecule has 5 heteroatoms. The lowest BCUT2D eigenvalue weighted by Crippen LogP contribution is -2.16. The maximum Gasteiger partial charge on any atom is 0.164 e. The highest BCUT2D eigenvalue weighted by molar-refractivity contribution is 7.99.